The van der Waals surface area contributed by atoms with Crippen LogP contribution in [-0.4, -0.2) is 37.2 Å². The van der Waals surface area contributed by atoms with Gasteiger partial charge < -0.3 is 4.74 Å². The third kappa shape index (κ3) is 5.63. The normalized spacial score (nSPS) is 15.1. The Morgan fingerprint density at radius 2 is 1.78 bits per heavy atom. The highest BCUT2D eigenvalue weighted by Crippen LogP contribution is 2.38. The lowest BCUT2D eigenvalue weighted by Crippen LogP contribution is -2.48. The number of aromatic nitrogens is 2. The van der Waals surface area contributed by atoms with Gasteiger partial charge in [0.25, 0.3) is 15.9 Å². The number of fused-ring (bicyclic) bond motifs is 1. The van der Waals surface area contributed by atoms with Crippen LogP contribution < -0.4 is 14.4 Å². The maximum absolute atomic E-state index is 13.6. The van der Waals surface area contributed by atoms with Crippen molar-refractivity contribution in [3.63, 3.8) is 0 Å². The van der Waals surface area contributed by atoms with Gasteiger partial charge in [-0.1, -0.05) is 77.2 Å². The first kappa shape index (κ1) is 25.2. The number of amides is 1. The molecule has 1 amide bonds. The largest absolute Gasteiger partial charge is 0.476 e. The summed E-state index contributed by atoms with van der Waals surface area (Å²) in [5, 5.41) is 11.3. The number of carbonyl (C=O) groups excluding carboxylic acids is 1. The summed E-state index contributed by atoms with van der Waals surface area (Å²) in [5.74, 6) is 0.572. The molecule has 4 aromatic rings. The van der Waals surface area contributed by atoms with E-state index in [1.807, 2.05) is 50.2 Å². The van der Waals surface area contributed by atoms with Crippen molar-refractivity contribution < 1.29 is 17.9 Å². The predicted octanol–water partition coefficient (Wildman–Crippen LogP) is 5.04. The summed E-state index contributed by atoms with van der Waals surface area (Å²) in [6.07, 6.45) is -1.07. The number of carbonyl (C=O) groups is 1. The molecule has 1 aliphatic heterocycles. The van der Waals surface area contributed by atoms with Gasteiger partial charge in [0.2, 0.25) is 5.13 Å². The lowest BCUT2D eigenvalue weighted by Gasteiger charge is -2.34. The second-order valence-corrected chi connectivity index (χ2v) is 12.6. The molecule has 0 spiro atoms. The quantitative estimate of drug-likeness (QED) is 0.253. The Balaban J connectivity index is 1.34. The molecular weight excluding hydrogens is 529 g/mol. The van der Waals surface area contributed by atoms with Crippen molar-refractivity contribution in [3.8, 4) is 5.75 Å². The van der Waals surface area contributed by atoms with Gasteiger partial charge in [0, 0.05) is 5.75 Å². The van der Waals surface area contributed by atoms with E-state index < -0.39 is 22.0 Å². The van der Waals surface area contributed by atoms with Crippen molar-refractivity contribution in [2.45, 2.75) is 34.9 Å². The van der Waals surface area contributed by atoms with Gasteiger partial charge >= 0.3 is 0 Å². The molecule has 0 saturated heterocycles. The molecule has 5 rings (SSSR count). The maximum atomic E-state index is 13.6. The average molecular weight is 553 g/mol. The molecule has 8 nitrogen and oxygen atoms in total. The van der Waals surface area contributed by atoms with Gasteiger partial charge in [0.05, 0.1) is 17.1 Å². The number of ether oxygens (including phenoxy) is 1. The van der Waals surface area contributed by atoms with Gasteiger partial charge in [-0.15, -0.1) is 10.2 Å². The molecule has 0 aliphatic carbocycles. The third-order valence-corrected chi connectivity index (χ3v) is 9.57. The summed E-state index contributed by atoms with van der Waals surface area (Å²) in [6.45, 7) is 3.59. The SMILES string of the molecule is Cc1ccc(S(=O)(=O)N2CC(C(=O)Nc3nnc(SCc4ccccc4)s3)Oc3cc(C)ccc32)cc1. The number of nitrogens with one attached hydrogen (secondary N) is 1. The van der Waals surface area contributed by atoms with Crippen LogP contribution in [-0.2, 0) is 20.6 Å². The van der Waals surface area contributed by atoms with Crippen molar-refractivity contribution in [1.29, 1.82) is 0 Å². The van der Waals surface area contributed by atoms with Gasteiger partial charge in [0.1, 0.15) is 5.75 Å². The number of hydrogen-bond acceptors (Lipinski definition) is 8. The molecule has 1 N–H and O–H groups in total. The topological polar surface area (TPSA) is 101 Å². The highest BCUT2D eigenvalue weighted by atomic mass is 32.2. The Morgan fingerprint density at radius 1 is 1.05 bits per heavy atom. The highest BCUT2D eigenvalue weighted by Gasteiger charge is 2.38. The zero-order valence-corrected chi connectivity index (χ0v) is 22.6. The summed E-state index contributed by atoms with van der Waals surface area (Å²) in [6, 6.07) is 21.9. The van der Waals surface area contributed by atoms with Crippen molar-refractivity contribution in [2.75, 3.05) is 16.2 Å². The van der Waals surface area contributed by atoms with Crippen LogP contribution in [0.3, 0.4) is 0 Å². The minimum absolute atomic E-state index is 0.148. The zero-order valence-electron chi connectivity index (χ0n) is 20.1. The molecule has 0 fully saturated rings. The van der Waals surface area contributed by atoms with Crippen LogP contribution in [0.25, 0.3) is 0 Å². The van der Waals surface area contributed by atoms with Crippen molar-refractivity contribution in [3.05, 3.63) is 89.5 Å². The smallest absolute Gasteiger partial charge is 0.269 e. The molecule has 0 saturated carbocycles. The lowest BCUT2D eigenvalue weighted by molar-refractivity contribution is -0.122. The standard InChI is InChI=1S/C26H24N4O4S3/c1-17-8-11-20(12-9-17)37(32,33)30-15-23(34-22-14-18(2)10-13-21(22)30)24(31)27-25-28-29-26(36-25)35-16-19-6-4-3-5-7-19/h3-14,23H,15-16H2,1-2H3,(H,27,28,31). The number of anilines is 2. The highest BCUT2D eigenvalue weighted by molar-refractivity contribution is 8.00. The number of aryl methyl sites for hydroxylation is 2. The minimum atomic E-state index is -3.93. The first-order valence-corrected chi connectivity index (χ1v) is 14.7. The van der Waals surface area contributed by atoms with E-state index in [4.69, 9.17) is 4.74 Å². The van der Waals surface area contributed by atoms with Crippen LogP contribution in [0.1, 0.15) is 16.7 Å². The number of nitrogens with zero attached hydrogens (tertiary/aromatic N) is 3. The number of sulfonamides is 1. The molecule has 1 atom stereocenters. The number of hydrogen-bond donors (Lipinski definition) is 1. The van der Waals surface area contributed by atoms with E-state index in [-0.39, 0.29) is 11.4 Å². The molecule has 1 aliphatic rings. The van der Waals surface area contributed by atoms with Crippen LogP contribution in [0.4, 0.5) is 10.8 Å². The molecule has 11 heteroatoms. The Labute approximate surface area is 223 Å². The maximum Gasteiger partial charge on any atom is 0.269 e. The zero-order chi connectivity index (χ0) is 26.0. The number of thioether (sulfide) groups is 1. The average Bonchev–Trinajstić information content (AvgIpc) is 3.34. The van der Waals surface area contributed by atoms with Gasteiger partial charge in [-0.05, 0) is 49.2 Å². The van der Waals surface area contributed by atoms with Crippen molar-refractivity contribution >= 4 is 49.8 Å². The van der Waals surface area contributed by atoms with E-state index in [1.54, 1.807) is 36.4 Å². The van der Waals surface area contributed by atoms with E-state index in [2.05, 4.69) is 15.5 Å². The summed E-state index contributed by atoms with van der Waals surface area (Å²) in [4.78, 5) is 13.3. The van der Waals surface area contributed by atoms with Crippen LogP contribution in [0.5, 0.6) is 5.75 Å². The van der Waals surface area contributed by atoms with Crippen LogP contribution in [0.2, 0.25) is 0 Å². The monoisotopic (exact) mass is 552 g/mol. The summed E-state index contributed by atoms with van der Waals surface area (Å²) in [5.41, 5.74) is 3.39. The fraction of sp³-hybridized carbons (Fsp3) is 0.192. The van der Waals surface area contributed by atoms with Crippen molar-refractivity contribution in [1.82, 2.24) is 10.2 Å². The summed E-state index contributed by atoms with van der Waals surface area (Å²) in [7, 11) is -3.93. The summed E-state index contributed by atoms with van der Waals surface area (Å²) < 4.78 is 35.1. The van der Waals surface area contributed by atoms with Gasteiger partial charge in [0.15, 0.2) is 10.4 Å². The van der Waals surface area contributed by atoms with E-state index >= 15 is 0 Å². The molecule has 37 heavy (non-hydrogen) atoms. The van der Waals surface area contributed by atoms with Crippen LogP contribution >= 0.6 is 23.1 Å². The Hall–Kier alpha value is -3.41. The van der Waals surface area contributed by atoms with Crippen LogP contribution in [0.15, 0.2) is 82.0 Å². The van der Waals surface area contributed by atoms with Crippen molar-refractivity contribution in [2.24, 2.45) is 0 Å². The Morgan fingerprint density at radius 3 is 2.54 bits per heavy atom. The van der Waals surface area contributed by atoms with Crippen LogP contribution in [0, 0.1) is 13.8 Å². The molecule has 1 unspecified atom stereocenters. The van der Waals surface area contributed by atoms with E-state index in [0.717, 1.165) is 22.4 Å². The Kier molecular flexibility index (Phi) is 7.18. The molecule has 190 valence electrons. The Bertz CT molecular complexity index is 1520. The van der Waals surface area contributed by atoms with Gasteiger partial charge in [-0.25, -0.2) is 8.42 Å². The third-order valence-electron chi connectivity index (χ3n) is 5.73. The first-order valence-electron chi connectivity index (χ1n) is 11.5. The molecule has 0 radical (unpaired) electrons. The minimum Gasteiger partial charge on any atom is -0.476 e. The molecular formula is C26H24N4O4S3. The second kappa shape index (κ2) is 10.5. The van der Waals surface area contributed by atoms with Gasteiger partial charge in [-0.3, -0.25) is 14.4 Å². The fourth-order valence-corrected chi connectivity index (χ4v) is 6.97. The summed E-state index contributed by atoms with van der Waals surface area (Å²) >= 11 is 2.78. The van der Waals surface area contributed by atoms with Gasteiger partial charge in [-0.2, -0.15) is 0 Å². The number of benzene rings is 3. The predicted molar refractivity (Wildman–Crippen MR) is 146 cm³/mol. The fourth-order valence-electron chi connectivity index (χ4n) is 3.79. The molecule has 2 heterocycles. The second-order valence-electron chi connectivity index (χ2n) is 8.56. The van der Waals surface area contributed by atoms with E-state index in [1.165, 1.54) is 27.4 Å². The lowest BCUT2D eigenvalue weighted by atomic mass is 10.1. The van der Waals surface area contributed by atoms with E-state index in [9.17, 15) is 13.2 Å². The first-order chi connectivity index (χ1) is 17.8. The molecule has 1 aromatic heterocycles. The van der Waals surface area contributed by atoms with E-state index in [0.29, 0.717) is 20.9 Å². The molecule has 3 aromatic carbocycles. The number of rotatable bonds is 7. The molecule has 0 bridgehead atoms.